The van der Waals surface area contributed by atoms with Crippen molar-refractivity contribution in [3.63, 3.8) is 0 Å². The second kappa shape index (κ2) is 5.41. The first-order valence-corrected chi connectivity index (χ1v) is 6.37. The Bertz CT molecular complexity index is 478. The summed E-state index contributed by atoms with van der Waals surface area (Å²) in [5.41, 5.74) is 0.802. The number of anilines is 1. The van der Waals surface area contributed by atoms with Gasteiger partial charge in [-0.05, 0) is 12.1 Å². The van der Waals surface area contributed by atoms with Gasteiger partial charge in [0.2, 0.25) is 11.8 Å². The molecule has 0 spiro atoms. The summed E-state index contributed by atoms with van der Waals surface area (Å²) in [4.78, 5) is 29.3. The largest absolute Gasteiger partial charge is 0.324 e. The molecule has 5 nitrogen and oxygen atoms in total. The molecule has 0 bridgehead atoms. The average molecular weight is 266 g/mol. The van der Waals surface area contributed by atoms with Crippen molar-refractivity contribution in [2.45, 2.75) is 16.6 Å². The molecule has 0 radical (unpaired) electrons. The molecule has 0 saturated carbocycles. The van der Waals surface area contributed by atoms with E-state index in [9.17, 15) is 9.59 Å². The molecule has 1 N–H and O–H groups in total. The van der Waals surface area contributed by atoms with Crippen LogP contribution in [0, 0.1) is 0 Å². The Labute approximate surface area is 109 Å². The van der Waals surface area contributed by atoms with Gasteiger partial charge in [-0.2, -0.15) is 0 Å². The van der Waals surface area contributed by atoms with Crippen LogP contribution in [0.15, 0.2) is 29.2 Å². The second-order valence-electron chi connectivity index (χ2n) is 3.87. The van der Waals surface area contributed by atoms with Crippen LogP contribution in [0.2, 0.25) is 0 Å². The van der Waals surface area contributed by atoms with Gasteiger partial charge in [0.15, 0.2) is 0 Å². The van der Waals surface area contributed by atoms with E-state index in [1.165, 1.54) is 25.9 Å². The predicted molar refractivity (Wildman–Crippen MR) is 69.1 cm³/mol. The molecular formula is C12H14N2O3S. The van der Waals surface area contributed by atoms with Gasteiger partial charge in [-0.25, -0.2) is 5.06 Å². The first-order valence-electron chi connectivity index (χ1n) is 5.49. The molecule has 0 aliphatic carbocycles. The molecule has 1 aromatic carbocycles. The molecule has 1 aliphatic heterocycles. The predicted octanol–water partition coefficient (Wildman–Crippen LogP) is 1.51. The lowest BCUT2D eigenvalue weighted by molar-refractivity contribution is -0.168. The molecule has 0 saturated heterocycles. The smallest absolute Gasteiger partial charge is 0.247 e. The van der Waals surface area contributed by atoms with E-state index in [0.717, 1.165) is 15.6 Å². The highest BCUT2D eigenvalue weighted by atomic mass is 32.2. The minimum absolute atomic E-state index is 0.120. The summed E-state index contributed by atoms with van der Waals surface area (Å²) < 4.78 is 0. The first kappa shape index (κ1) is 12.9. The third-order valence-electron chi connectivity index (χ3n) is 2.69. The van der Waals surface area contributed by atoms with Gasteiger partial charge in [-0.1, -0.05) is 12.1 Å². The molecule has 1 aromatic rings. The lowest BCUT2D eigenvalue weighted by atomic mass is 10.2. The van der Waals surface area contributed by atoms with E-state index < -0.39 is 5.25 Å². The van der Waals surface area contributed by atoms with E-state index in [0.29, 0.717) is 0 Å². The number of carbonyl (C=O) groups is 2. The molecule has 6 heteroatoms. The maximum atomic E-state index is 11.9. The number of hydrogen-bond donors (Lipinski definition) is 1. The number of para-hydroxylation sites is 1. The zero-order chi connectivity index (χ0) is 13.1. The molecule has 1 heterocycles. The van der Waals surface area contributed by atoms with Crippen LogP contribution >= 0.6 is 11.8 Å². The van der Waals surface area contributed by atoms with Crippen LogP contribution in [0.3, 0.4) is 0 Å². The summed E-state index contributed by atoms with van der Waals surface area (Å²) in [5, 5.41) is 3.52. The first-order chi connectivity index (χ1) is 8.61. The van der Waals surface area contributed by atoms with Crippen molar-refractivity contribution in [3.05, 3.63) is 24.3 Å². The van der Waals surface area contributed by atoms with Crippen LogP contribution in [0.1, 0.15) is 6.42 Å². The number of rotatable bonds is 3. The van der Waals surface area contributed by atoms with E-state index in [2.05, 4.69) is 5.32 Å². The van der Waals surface area contributed by atoms with E-state index in [4.69, 9.17) is 4.84 Å². The van der Waals surface area contributed by atoms with E-state index in [1.807, 2.05) is 24.3 Å². The molecule has 96 valence electrons. The van der Waals surface area contributed by atoms with Crippen LogP contribution in [0.4, 0.5) is 5.69 Å². The molecule has 2 amide bonds. The van der Waals surface area contributed by atoms with Crippen LogP contribution in [0.5, 0.6) is 0 Å². The fourth-order valence-corrected chi connectivity index (χ4v) is 2.72. The zero-order valence-electron chi connectivity index (χ0n) is 10.2. The van der Waals surface area contributed by atoms with Crippen LogP contribution < -0.4 is 5.32 Å². The summed E-state index contributed by atoms with van der Waals surface area (Å²) in [6, 6.07) is 7.55. The summed E-state index contributed by atoms with van der Waals surface area (Å²) in [6.45, 7) is 0. The Hall–Kier alpha value is -1.53. The minimum Gasteiger partial charge on any atom is -0.324 e. The van der Waals surface area contributed by atoms with Crippen LogP contribution in [0.25, 0.3) is 0 Å². The SMILES string of the molecule is CON(C)C(=O)C[C@@H]1Sc2ccccc2NC1=O. The highest BCUT2D eigenvalue weighted by Gasteiger charge is 2.29. The summed E-state index contributed by atoms with van der Waals surface area (Å²) in [5.74, 6) is -0.360. The summed E-state index contributed by atoms with van der Waals surface area (Å²) in [6.07, 6.45) is 0.120. The topological polar surface area (TPSA) is 58.6 Å². The number of benzene rings is 1. The van der Waals surface area contributed by atoms with Gasteiger partial charge in [0.1, 0.15) is 0 Å². The van der Waals surface area contributed by atoms with Gasteiger partial charge in [0.25, 0.3) is 0 Å². The number of hydroxylamine groups is 2. The highest BCUT2D eigenvalue weighted by molar-refractivity contribution is 8.01. The average Bonchev–Trinajstić information content (AvgIpc) is 2.38. The van der Waals surface area contributed by atoms with E-state index in [1.54, 1.807) is 0 Å². The lowest BCUT2D eigenvalue weighted by Gasteiger charge is -2.24. The molecule has 1 aliphatic rings. The molecule has 0 unspecified atom stereocenters. The van der Waals surface area contributed by atoms with Crippen molar-refractivity contribution in [3.8, 4) is 0 Å². The maximum absolute atomic E-state index is 11.9. The van der Waals surface area contributed by atoms with Gasteiger partial charge >= 0.3 is 0 Å². The lowest BCUT2D eigenvalue weighted by Crippen LogP contribution is -2.35. The summed E-state index contributed by atoms with van der Waals surface area (Å²) >= 11 is 1.41. The number of carbonyl (C=O) groups excluding carboxylic acids is 2. The van der Waals surface area contributed by atoms with Gasteiger partial charge < -0.3 is 5.32 Å². The Morgan fingerprint density at radius 1 is 1.50 bits per heavy atom. The Morgan fingerprint density at radius 3 is 2.94 bits per heavy atom. The standard InChI is InChI=1S/C12H14N2O3S/c1-14(17-2)11(15)7-10-12(16)13-8-5-3-4-6-9(8)18-10/h3-6,10H,7H2,1-2H3,(H,13,16)/t10-/m0/s1. The number of nitrogens with zero attached hydrogens (tertiary/aromatic N) is 1. The zero-order valence-corrected chi connectivity index (χ0v) is 11.0. The molecule has 0 aromatic heterocycles. The Kier molecular flexibility index (Phi) is 3.88. The molecule has 0 fully saturated rings. The monoisotopic (exact) mass is 266 g/mol. The van der Waals surface area contributed by atoms with Gasteiger partial charge in [0, 0.05) is 11.9 Å². The quantitative estimate of drug-likeness (QED) is 0.842. The van der Waals surface area contributed by atoms with Crippen molar-refractivity contribution in [1.82, 2.24) is 5.06 Å². The fraction of sp³-hybridized carbons (Fsp3) is 0.333. The van der Waals surface area contributed by atoms with Crippen LogP contribution in [-0.2, 0) is 14.4 Å². The van der Waals surface area contributed by atoms with Crippen molar-refractivity contribution >= 4 is 29.3 Å². The number of thioether (sulfide) groups is 1. The van der Waals surface area contributed by atoms with Gasteiger partial charge in [-0.3, -0.25) is 14.4 Å². The summed E-state index contributed by atoms with van der Waals surface area (Å²) in [7, 11) is 2.95. The fourth-order valence-electron chi connectivity index (χ4n) is 1.62. The van der Waals surface area contributed by atoms with Crippen molar-refractivity contribution in [1.29, 1.82) is 0 Å². The van der Waals surface area contributed by atoms with Crippen molar-refractivity contribution in [2.75, 3.05) is 19.5 Å². The van der Waals surface area contributed by atoms with Gasteiger partial charge in [0.05, 0.1) is 24.5 Å². The normalized spacial score (nSPS) is 17.9. The molecular weight excluding hydrogens is 252 g/mol. The van der Waals surface area contributed by atoms with Crippen LogP contribution in [-0.4, -0.2) is 36.3 Å². The number of fused-ring (bicyclic) bond motifs is 1. The van der Waals surface area contributed by atoms with Crippen molar-refractivity contribution < 1.29 is 14.4 Å². The second-order valence-corrected chi connectivity index (χ2v) is 5.11. The van der Waals surface area contributed by atoms with Crippen molar-refractivity contribution in [2.24, 2.45) is 0 Å². The highest BCUT2D eigenvalue weighted by Crippen LogP contribution is 2.36. The van der Waals surface area contributed by atoms with E-state index in [-0.39, 0.29) is 18.2 Å². The maximum Gasteiger partial charge on any atom is 0.247 e. The number of hydrogen-bond acceptors (Lipinski definition) is 4. The third kappa shape index (κ3) is 2.65. The molecule has 1 atom stereocenters. The van der Waals surface area contributed by atoms with E-state index >= 15 is 0 Å². The minimum atomic E-state index is -0.412. The Balaban J connectivity index is 2.08. The Morgan fingerprint density at radius 2 is 2.22 bits per heavy atom. The molecule has 18 heavy (non-hydrogen) atoms. The number of amides is 2. The third-order valence-corrected chi connectivity index (χ3v) is 3.97. The number of nitrogens with one attached hydrogen (secondary N) is 1. The molecule has 2 rings (SSSR count). The van der Waals surface area contributed by atoms with Gasteiger partial charge in [-0.15, -0.1) is 11.8 Å².